The summed E-state index contributed by atoms with van der Waals surface area (Å²) in [5.41, 5.74) is 2.64. The fourth-order valence-corrected chi connectivity index (χ4v) is 3.37. The number of halogens is 1. The lowest BCUT2D eigenvalue weighted by Crippen LogP contribution is -2.27. The molecule has 1 atom stereocenters. The van der Waals surface area contributed by atoms with Gasteiger partial charge in [0.2, 0.25) is 0 Å². The van der Waals surface area contributed by atoms with Crippen LogP contribution >= 0.6 is 11.6 Å². The summed E-state index contributed by atoms with van der Waals surface area (Å²) in [5.74, 6) is -0.304. The molecule has 1 aliphatic rings. The molecule has 0 saturated carbocycles. The summed E-state index contributed by atoms with van der Waals surface area (Å²) in [7, 11) is 0. The van der Waals surface area contributed by atoms with Gasteiger partial charge in [0.15, 0.2) is 0 Å². The van der Waals surface area contributed by atoms with E-state index in [1.165, 1.54) is 11.1 Å². The van der Waals surface area contributed by atoms with Gasteiger partial charge in [0.25, 0.3) is 5.91 Å². The van der Waals surface area contributed by atoms with Crippen molar-refractivity contribution >= 4 is 23.2 Å². The van der Waals surface area contributed by atoms with Crippen LogP contribution in [0.3, 0.4) is 0 Å². The Kier molecular flexibility index (Phi) is 4.75. The maximum atomic E-state index is 13.1. The molecule has 140 valence electrons. The molecule has 28 heavy (non-hydrogen) atoms. The van der Waals surface area contributed by atoms with Gasteiger partial charge in [-0.25, -0.2) is 5.01 Å². The second kappa shape index (κ2) is 7.37. The number of carbonyl (C=O) groups is 1. The van der Waals surface area contributed by atoms with Gasteiger partial charge in [-0.1, -0.05) is 35.9 Å². The Morgan fingerprint density at radius 1 is 0.964 bits per heavy atom. The van der Waals surface area contributed by atoms with Crippen molar-refractivity contribution in [1.29, 1.82) is 0 Å². The molecule has 4 rings (SSSR count). The second-order valence-corrected chi connectivity index (χ2v) is 6.97. The van der Waals surface area contributed by atoms with Crippen LogP contribution in [0.4, 0.5) is 0 Å². The lowest BCUT2D eigenvalue weighted by atomic mass is 9.98. The normalized spacial score (nSPS) is 16.1. The first-order chi connectivity index (χ1) is 13.5. The van der Waals surface area contributed by atoms with Crippen molar-refractivity contribution in [1.82, 2.24) is 5.01 Å². The monoisotopic (exact) mass is 392 g/mol. The zero-order chi connectivity index (χ0) is 19.7. The molecular weight excluding hydrogens is 376 g/mol. The molecule has 1 amide bonds. The van der Waals surface area contributed by atoms with E-state index in [1.807, 2.05) is 12.1 Å². The minimum absolute atomic E-state index is 0.0874. The highest BCUT2D eigenvalue weighted by Crippen LogP contribution is 2.35. The summed E-state index contributed by atoms with van der Waals surface area (Å²) in [6.07, 6.45) is 0.506. The van der Waals surface area contributed by atoms with Gasteiger partial charge in [-0.15, -0.1) is 0 Å². The molecule has 0 aromatic heterocycles. The van der Waals surface area contributed by atoms with Gasteiger partial charge in [-0.2, -0.15) is 5.10 Å². The van der Waals surface area contributed by atoms with Crippen LogP contribution in [-0.2, 0) is 0 Å². The topological polar surface area (TPSA) is 73.1 Å². The van der Waals surface area contributed by atoms with Crippen LogP contribution in [0, 0.1) is 0 Å². The van der Waals surface area contributed by atoms with Gasteiger partial charge in [0.05, 0.1) is 17.3 Å². The third-order valence-electron chi connectivity index (χ3n) is 4.71. The average molecular weight is 393 g/mol. The number of aromatic hydroxyl groups is 2. The third-order valence-corrected chi connectivity index (χ3v) is 4.96. The Morgan fingerprint density at radius 3 is 2.32 bits per heavy atom. The van der Waals surface area contributed by atoms with Gasteiger partial charge in [0, 0.05) is 11.4 Å². The van der Waals surface area contributed by atoms with E-state index in [0.29, 0.717) is 11.4 Å². The van der Waals surface area contributed by atoms with Crippen LogP contribution in [0.25, 0.3) is 0 Å². The molecule has 1 aliphatic heterocycles. The Labute approximate surface area is 167 Å². The second-order valence-electron chi connectivity index (χ2n) is 6.53. The molecule has 3 aromatic carbocycles. The number of rotatable bonds is 3. The van der Waals surface area contributed by atoms with Crippen LogP contribution in [0.2, 0.25) is 5.02 Å². The third kappa shape index (κ3) is 3.44. The zero-order valence-electron chi connectivity index (χ0n) is 14.8. The molecule has 6 heteroatoms. The highest BCUT2D eigenvalue weighted by atomic mass is 35.5. The smallest absolute Gasteiger partial charge is 0.278 e. The average Bonchev–Trinajstić information content (AvgIpc) is 3.14. The van der Waals surface area contributed by atoms with Crippen LogP contribution in [0.1, 0.15) is 33.9 Å². The summed E-state index contributed by atoms with van der Waals surface area (Å²) >= 11 is 6.01. The molecule has 2 N–H and O–H groups in total. The Balaban J connectivity index is 1.75. The fourth-order valence-electron chi connectivity index (χ4n) is 3.25. The number of hydrogen-bond acceptors (Lipinski definition) is 4. The van der Waals surface area contributed by atoms with E-state index in [1.54, 1.807) is 54.6 Å². The Bertz CT molecular complexity index is 1050. The van der Waals surface area contributed by atoms with Gasteiger partial charge >= 0.3 is 0 Å². The van der Waals surface area contributed by atoms with E-state index in [-0.39, 0.29) is 29.0 Å². The molecule has 3 aromatic rings. The maximum Gasteiger partial charge on any atom is 0.278 e. The predicted molar refractivity (Wildman–Crippen MR) is 108 cm³/mol. The number of phenolic OH excluding ortho intramolecular Hbond substituents is 2. The molecule has 0 spiro atoms. The molecular formula is C22H17ClN2O3. The highest BCUT2D eigenvalue weighted by Gasteiger charge is 2.34. The van der Waals surface area contributed by atoms with Gasteiger partial charge in [-0.3, -0.25) is 4.79 Å². The van der Waals surface area contributed by atoms with E-state index >= 15 is 0 Å². The number of carbonyl (C=O) groups excluding carboxylic acids is 1. The number of phenols is 2. The summed E-state index contributed by atoms with van der Waals surface area (Å²) in [4.78, 5) is 13.1. The first kappa shape index (κ1) is 18.1. The molecule has 1 unspecified atom stereocenters. The zero-order valence-corrected chi connectivity index (χ0v) is 15.5. The van der Waals surface area contributed by atoms with Crippen LogP contribution in [-0.4, -0.2) is 26.8 Å². The van der Waals surface area contributed by atoms with Gasteiger partial charge < -0.3 is 10.2 Å². The van der Waals surface area contributed by atoms with Crippen molar-refractivity contribution in [3.8, 4) is 11.5 Å². The largest absolute Gasteiger partial charge is 0.508 e. The quantitative estimate of drug-likeness (QED) is 0.676. The molecule has 0 radical (unpaired) electrons. The minimum atomic E-state index is -0.383. The van der Waals surface area contributed by atoms with Crippen molar-refractivity contribution in [3.63, 3.8) is 0 Å². The fraction of sp³-hybridized carbons (Fsp3) is 0.0909. The van der Waals surface area contributed by atoms with Gasteiger partial charge in [-0.05, 0) is 59.7 Å². The molecule has 0 aliphatic carbocycles. The number of nitrogens with zero attached hydrogens (tertiary/aromatic N) is 2. The molecule has 0 saturated heterocycles. The van der Waals surface area contributed by atoms with E-state index in [0.717, 1.165) is 16.8 Å². The minimum Gasteiger partial charge on any atom is -0.508 e. The standard InChI is InChI=1S/C22H17ClN2O3/c23-16-9-5-15(6-10-16)20-13-19(14-7-11-17(26)12-8-14)24-25(20)22(28)18-3-1-2-4-21(18)27/h1-12,20,26-27H,13H2. The Hall–Kier alpha value is -3.31. The van der Waals surface area contributed by atoms with Gasteiger partial charge in [0.1, 0.15) is 11.5 Å². The first-order valence-corrected chi connectivity index (χ1v) is 9.14. The van der Waals surface area contributed by atoms with Crippen molar-refractivity contribution in [2.24, 2.45) is 5.10 Å². The summed E-state index contributed by atoms with van der Waals surface area (Å²) in [5, 5.41) is 26.2. The van der Waals surface area contributed by atoms with Crippen molar-refractivity contribution in [2.75, 3.05) is 0 Å². The number of hydrazone groups is 1. The number of para-hydroxylation sites is 1. The molecule has 5 nitrogen and oxygen atoms in total. The SMILES string of the molecule is O=C(c1ccccc1O)N1N=C(c2ccc(O)cc2)CC1c1ccc(Cl)cc1. The van der Waals surface area contributed by atoms with E-state index in [4.69, 9.17) is 11.6 Å². The number of benzene rings is 3. The van der Waals surface area contributed by atoms with Crippen LogP contribution < -0.4 is 0 Å². The van der Waals surface area contributed by atoms with Crippen LogP contribution in [0.5, 0.6) is 11.5 Å². The maximum absolute atomic E-state index is 13.1. The summed E-state index contributed by atoms with van der Waals surface area (Å²) in [6.45, 7) is 0. The summed E-state index contributed by atoms with van der Waals surface area (Å²) in [6, 6.07) is 20.1. The molecule has 1 heterocycles. The lowest BCUT2D eigenvalue weighted by molar-refractivity contribution is 0.0708. The van der Waals surface area contributed by atoms with E-state index in [9.17, 15) is 15.0 Å². The van der Waals surface area contributed by atoms with Crippen LogP contribution in [0.15, 0.2) is 77.9 Å². The Morgan fingerprint density at radius 2 is 1.64 bits per heavy atom. The van der Waals surface area contributed by atoms with Crippen molar-refractivity contribution in [3.05, 3.63) is 94.5 Å². The predicted octanol–water partition coefficient (Wildman–Crippen LogP) is 4.74. The van der Waals surface area contributed by atoms with Crippen molar-refractivity contribution < 1.29 is 15.0 Å². The lowest BCUT2D eigenvalue weighted by Gasteiger charge is -2.22. The summed E-state index contributed by atoms with van der Waals surface area (Å²) < 4.78 is 0. The van der Waals surface area contributed by atoms with E-state index in [2.05, 4.69) is 5.10 Å². The number of amides is 1. The first-order valence-electron chi connectivity index (χ1n) is 8.77. The van der Waals surface area contributed by atoms with Crippen molar-refractivity contribution in [2.45, 2.75) is 12.5 Å². The number of hydrogen-bond donors (Lipinski definition) is 2. The highest BCUT2D eigenvalue weighted by molar-refractivity contribution is 6.30. The molecule has 0 fully saturated rings. The molecule has 0 bridgehead atoms. The van der Waals surface area contributed by atoms with E-state index < -0.39 is 0 Å².